The van der Waals surface area contributed by atoms with Gasteiger partial charge >= 0.3 is 0 Å². The molecule has 0 bridgehead atoms. The Balaban J connectivity index is 1.69. The molecule has 1 aromatic heterocycles. The van der Waals surface area contributed by atoms with E-state index >= 15 is 0 Å². The lowest BCUT2D eigenvalue weighted by molar-refractivity contribution is 0.200. The molecule has 1 aliphatic carbocycles. The lowest BCUT2D eigenvalue weighted by atomic mass is 10.0. The van der Waals surface area contributed by atoms with Crippen molar-refractivity contribution in [1.29, 1.82) is 0 Å². The van der Waals surface area contributed by atoms with Crippen LogP contribution in [0.4, 0.5) is 0 Å². The number of ether oxygens (including phenoxy) is 2. The van der Waals surface area contributed by atoms with Crippen LogP contribution in [0.2, 0.25) is 0 Å². The summed E-state index contributed by atoms with van der Waals surface area (Å²) in [7, 11) is 0. The van der Waals surface area contributed by atoms with Gasteiger partial charge in [-0.2, -0.15) is 0 Å². The first-order valence-corrected chi connectivity index (χ1v) is 10.4. The van der Waals surface area contributed by atoms with Crippen molar-refractivity contribution in [1.82, 2.24) is 0 Å². The smallest absolute Gasteiger partial charge is 0.119 e. The maximum absolute atomic E-state index is 5.85. The van der Waals surface area contributed by atoms with Gasteiger partial charge in [-0.3, -0.25) is 0 Å². The molecule has 1 aliphatic rings. The third-order valence-electron chi connectivity index (χ3n) is 4.33. The van der Waals surface area contributed by atoms with Crippen LogP contribution < -0.4 is 16.2 Å². The third-order valence-corrected chi connectivity index (χ3v) is 5.52. The fraction of sp³-hybridized carbons (Fsp3) is 0.364. The van der Waals surface area contributed by atoms with Crippen LogP contribution in [0.3, 0.4) is 0 Å². The second-order valence-corrected chi connectivity index (χ2v) is 7.57. The van der Waals surface area contributed by atoms with E-state index in [1.807, 2.05) is 12.1 Å². The molecule has 0 unspecified atom stereocenters. The summed E-state index contributed by atoms with van der Waals surface area (Å²) in [6.45, 7) is 2.66. The summed E-state index contributed by atoms with van der Waals surface area (Å²) in [5.41, 5.74) is 13.5. The fourth-order valence-electron chi connectivity index (χ4n) is 2.91. The van der Waals surface area contributed by atoms with Crippen molar-refractivity contribution in [3.8, 4) is 16.2 Å². The van der Waals surface area contributed by atoms with E-state index in [4.69, 9.17) is 20.9 Å². The average molecular weight is 385 g/mol. The molecule has 0 radical (unpaired) electrons. The Bertz CT molecular complexity index is 795. The summed E-state index contributed by atoms with van der Waals surface area (Å²) < 4.78 is 11.6. The number of benzene rings is 1. The van der Waals surface area contributed by atoms with Crippen LogP contribution in [-0.4, -0.2) is 26.3 Å². The monoisotopic (exact) mass is 384 g/mol. The minimum atomic E-state index is 0.647. The molecule has 0 aliphatic heterocycles. The zero-order valence-corrected chi connectivity index (χ0v) is 16.5. The maximum atomic E-state index is 5.85. The highest BCUT2D eigenvalue weighted by Crippen LogP contribution is 2.36. The molecule has 0 fully saturated rings. The zero-order valence-electron chi connectivity index (χ0n) is 15.7. The summed E-state index contributed by atoms with van der Waals surface area (Å²) in [6, 6.07) is 12.6. The zero-order chi connectivity index (χ0) is 18.9. The lowest BCUT2D eigenvalue weighted by Crippen LogP contribution is -2.05. The van der Waals surface area contributed by atoms with Crippen LogP contribution in [0.25, 0.3) is 16.0 Å². The standard InChI is InChI=1S/C22H28N2O2S/c23-11-3-13-25-19-7-1-5-17(15-19)21-9-10-22(27-21)18-6-2-8-20(16-18)26-14-4-12-24/h1,5-7,9-10,15-16H,2-4,8,11-14,23-24H2. The van der Waals surface area contributed by atoms with Gasteiger partial charge in [0.1, 0.15) is 5.75 Å². The lowest BCUT2D eigenvalue weighted by Gasteiger charge is -2.14. The topological polar surface area (TPSA) is 70.5 Å². The molecule has 0 spiro atoms. The molecule has 0 saturated carbocycles. The highest BCUT2D eigenvalue weighted by molar-refractivity contribution is 7.16. The van der Waals surface area contributed by atoms with E-state index in [-0.39, 0.29) is 0 Å². The molecule has 27 heavy (non-hydrogen) atoms. The quantitative estimate of drug-likeness (QED) is 0.589. The molecule has 4 N–H and O–H groups in total. The minimum absolute atomic E-state index is 0.647. The first kappa shape index (κ1) is 19.7. The Morgan fingerprint density at radius 3 is 2.52 bits per heavy atom. The van der Waals surface area contributed by atoms with Crippen LogP contribution in [0, 0.1) is 0 Å². The van der Waals surface area contributed by atoms with E-state index in [1.165, 1.54) is 20.9 Å². The van der Waals surface area contributed by atoms with Crippen molar-refractivity contribution < 1.29 is 9.47 Å². The van der Waals surface area contributed by atoms with Crippen LogP contribution >= 0.6 is 11.3 Å². The number of nitrogens with two attached hydrogens (primary N) is 2. The molecule has 1 heterocycles. The molecule has 1 aromatic carbocycles. The minimum Gasteiger partial charge on any atom is -0.498 e. The summed E-state index contributed by atoms with van der Waals surface area (Å²) >= 11 is 1.80. The van der Waals surface area contributed by atoms with Gasteiger partial charge < -0.3 is 20.9 Å². The van der Waals surface area contributed by atoms with Gasteiger partial charge in [0.2, 0.25) is 0 Å². The number of hydrogen-bond donors (Lipinski definition) is 2. The van der Waals surface area contributed by atoms with E-state index in [0.717, 1.165) is 37.2 Å². The number of thiophene rings is 1. The molecular weight excluding hydrogens is 356 g/mol. The van der Waals surface area contributed by atoms with Gasteiger partial charge in [0.05, 0.1) is 19.0 Å². The normalized spacial score (nSPS) is 13.9. The molecule has 3 rings (SSSR count). The summed E-state index contributed by atoms with van der Waals surface area (Å²) in [5.74, 6) is 1.95. The van der Waals surface area contributed by atoms with Crippen LogP contribution in [-0.2, 0) is 4.74 Å². The van der Waals surface area contributed by atoms with E-state index in [2.05, 4.69) is 36.4 Å². The van der Waals surface area contributed by atoms with Gasteiger partial charge in [-0.1, -0.05) is 18.2 Å². The van der Waals surface area contributed by atoms with Crippen molar-refractivity contribution in [3.63, 3.8) is 0 Å². The van der Waals surface area contributed by atoms with E-state index < -0.39 is 0 Å². The first-order chi connectivity index (χ1) is 13.3. The Kier molecular flexibility index (Phi) is 7.51. The van der Waals surface area contributed by atoms with Gasteiger partial charge in [-0.15, -0.1) is 11.3 Å². The summed E-state index contributed by atoms with van der Waals surface area (Å²) in [4.78, 5) is 2.50. The Morgan fingerprint density at radius 2 is 1.70 bits per heavy atom. The molecule has 0 saturated heterocycles. The fourth-order valence-corrected chi connectivity index (χ4v) is 3.92. The number of hydrogen-bond acceptors (Lipinski definition) is 5. The first-order valence-electron chi connectivity index (χ1n) is 9.57. The van der Waals surface area contributed by atoms with Crippen LogP contribution in [0.15, 0.2) is 54.3 Å². The third kappa shape index (κ3) is 5.70. The Labute approximate surface area is 165 Å². The van der Waals surface area contributed by atoms with Gasteiger partial charge in [0, 0.05) is 16.2 Å². The molecule has 2 aromatic rings. The van der Waals surface area contributed by atoms with Gasteiger partial charge in [-0.25, -0.2) is 0 Å². The molecule has 4 nitrogen and oxygen atoms in total. The van der Waals surface area contributed by atoms with Crippen molar-refractivity contribution in [2.24, 2.45) is 11.5 Å². The van der Waals surface area contributed by atoms with E-state index in [1.54, 1.807) is 11.3 Å². The maximum Gasteiger partial charge on any atom is 0.119 e. The average Bonchev–Trinajstić information content (AvgIpc) is 3.19. The van der Waals surface area contributed by atoms with E-state index in [0.29, 0.717) is 26.3 Å². The summed E-state index contributed by atoms with van der Waals surface area (Å²) in [6.07, 6.45) is 8.20. The predicted octanol–water partition coefficient (Wildman–Crippen LogP) is 4.57. The second kappa shape index (κ2) is 10.3. The van der Waals surface area contributed by atoms with Gasteiger partial charge in [0.15, 0.2) is 0 Å². The van der Waals surface area contributed by atoms with Gasteiger partial charge in [0.25, 0.3) is 0 Å². The van der Waals surface area contributed by atoms with Gasteiger partial charge in [-0.05, 0) is 73.8 Å². The highest BCUT2D eigenvalue weighted by atomic mass is 32.1. The van der Waals surface area contributed by atoms with Crippen molar-refractivity contribution in [2.45, 2.75) is 25.7 Å². The molecular formula is C22H28N2O2S. The molecule has 144 valence electrons. The van der Waals surface area contributed by atoms with Crippen molar-refractivity contribution >= 4 is 16.9 Å². The van der Waals surface area contributed by atoms with Crippen LogP contribution in [0.5, 0.6) is 5.75 Å². The number of rotatable bonds is 10. The largest absolute Gasteiger partial charge is 0.498 e. The molecule has 5 heteroatoms. The molecule has 0 amide bonds. The SMILES string of the molecule is NCCCOC1=CC(c2ccc(-c3cccc(OCCCN)c3)s2)=CCC1. The Morgan fingerprint density at radius 1 is 0.926 bits per heavy atom. The van der Waals surface area contributed by atoms with Crippen molar-refractivity contribution in [3.05, 3.63) is 59.2 Å². The summed E-state index contributed by atoms with van der Waals surface area (Å²) in [5, 5.41) is 0. The second-order valence-electron chi connectivity index (χ2n) is 6.48. The van der Waals surface area contributed by atoms with Crippen molar-refractivity contribution in [2.75, 3.05) is 26.3 Å². The highest BCUT2D eigenvalue weighted by Gasteiger charge is 2.12. The molecule has 0 atom stereocenters. The van der Waals surface area contributed by atoms with Crippen LogP contribution in [0.1, 0.15) is 30.6 Å². The van der Waals surface area contributed by atoms with E-state index in [9.17, 15) is 0 Å². The predicted molar refractivity (Wildman–Crippen MR) is 114 cm³/mol. The number of allylic oxidation sites excluding steroid dienone is 4. The Hall–Kier alpha value is -2.08.